The topological polar surface area (TPSA) is 41.7 Å². The van der Waals surface area contributed by atoms with E-state index in [-0.39, 0.29) is 6.17 Å². The van der Waals surface area contributed by atoms with Gasteiger partial charge in [-0.25, -0.2) is 9.98 Å². The molecule has 1 N–H and O–H groups in total. The lowest BCUT2D eigenvalue weighted by Crippen LogP contribution is -2.33. The summed E-state index contributed by atoms with van der Waals surface area (Å²) < 4.78 is 7.66. The molecule has 2 aliphatic rings. The predicted molar refractivity (Wildman–Crippen MR) is 244 cm³/mol. The Hall–Kier alpha value is -6.60. The molecule has 1 aliphatic carbocycles. The molecule has 0 amide bonds. The maximum Gasteiger partial charge on any atom is 0.159 e. The molecule has 0 saturated heterocycles. The van der Waals surface area contributed by atoms with Gasteiger partial charge in [0.1, 0.15) is 12.0 Å². The first-order chi connectivity index (χ1) is 28.3. The lowest BCUT2D eigenvalue weighted by Gasteiger charge is -2.24. The van der Waals surface area contributed by atoms with Gasteiger partial charge in [-0.05, 0) is 59.9 Å². The van der Waals surface area contributed by atoms with E-state index in [4.69, 9.17) is 9.98 Å². The van der Waals surface area contributed by atoms with Gasteiger partial charge in [-0.1, -0.05) is 140 Å². The van der Waals surface area contributed by atoms with E-state index in [0.29, 0.717) is 0 Å². The third-order valence-corrected chi connectivity index (χ3v) is 13.9. The number of aliphatic imine (C=N–C) groups is 2. The molecule has 57 heavy (non-hydrogen) atoms. The van der Waals surface area contributed by atoms with Gasteiger partial charge in [-0.2, -0.15) is 0 Å². The quantitative estimate of drug-likeness (QED) is 0.186. The lowest BCUT2D eigenvalue weighted by molar-refractivity contribution is 0.674. The molecule has 0 bridgehead atoms. The number of benzene rings is 7. The average molecular weight is 767 g/mol. The van der Waals surface area contributed by atoms with Crippen LogP contribution in [0.5, 0.6) is 0 Å². The summed E-state index contributed by atoms with van der Waals surface area (Å²) >= 11 is 3.75. The van der Waals surface area contributed by atoms with Crippen LogP contribution >= 0.6 is 22.7 Å². The number of amidine groups is 2. The van der Waals surface area contributed by atoms with Crippen molar-refractivity contribution in [2.75, 3.05) is 0 Å². The molecular weight excluding hydrogens is 733 g/mol. The van der Waals surface area contributed by atoms with E-state index in [1.165, 1.54) is 79.3 Å². The molecule has 7 aromatic carbocycles. The number of hydrogen-bond acceptors (Lipinski definition) is 5. The van der Waals surface area contributed by atoms with Crippen LogP contribution in [0.2, 0.25) is 0 Å². The van der Waals surface area contributed by atoms with E-state index >= 15 is 0 Å². The summed E-state index contributed by atoms with van der Waals surface area (Å²) in [5.74, 6) is 1.58. The van der Waals surface area contributed by atoms with Gasteiger partial charge in [0.05, 0.1) is 15.9 Å². The molecule has 270 valence electrons. The van der Waals surface area contributed by atoms with Crippen LogP contribution in [0.3, 0.4) is 0 Å². The Bertz CT molecular complexity index is 3330. The monoisotopic (exact) mass is 766 g/mol. The maximum atomic E-state index is 5.16. The zero-order chi connectivity index (χ0) is 37.5. The second-order valence-corrected chi connectivity index (χ2v) is 16.9. The Kier molecular flexibility index (Phi) is 7.43. The van der Waals surface area contributed by atoms with E-state index in [1.807, 2.05) is 46.9 Å². The highest BCUT2D eigenvalue weighted by Crippen LogP contribution is 2.46. The van der Waals surface area contributed by atoms with E-state index in [0.717, 1.165) is 41.2 Å². The van der Waals surface area contributed by atoms with Crippen LogP contribution in [0.1, 0.15) is 40.5 Å². The van der Waals surface area contributed by atoms with Crippen molar-refractivity contribution in [1.82, 2.24) is 9.88 Å². The van der Waals surface area contributed by atoms with Gasteiger partial charge >= 0.3 is 0 Å². The fourth-order valence-corrected chi connectivity index (χ4v) is 11.4. The number of nitrogens with one attached hydrogen (secondary N) is 1. The highest BCUT2D eigenvalue weighted by molar-refractivity contribution is 7.26. The summed E-state index contributed by atoms with van der Waals surface area (Å²) in [6, 6.07) is 56.9. The van der Waals surface area contributed by atoms with Gasteiger partial charge in [0.2, 0.25) is 0 Å². The zero-order valence-corrected chi connectivity index (χ0v) is 32.4. The fraction of sp³-hybridized carbons (Fsp3) is 0.0588. The molecule has 3 aromatic heterocycles. The van der Waals surface area contributed by atoms with Crippen LogP contribution in [0.15, 0.2) is 174 Å². The molecular formula is C51H34N4S2. The Balaban J connectivity index is 0.995. The summed E-state index contributed by atoms with van der Waals surface area (Å²) in [6.07, 6.45) is 6.51. The van der Waals surface area contributed by atoms with Crippen molar-refractivity contribution in [3.63, 3.8) is 0 Å². The molecule has 0 saturated carbocycles. The average Bonchev–Trinajstić information content (AvgIpc) is 3.96. The first-order valence-corrected chi connectivity index (χ1v) is 21.1. The van der Waals surface area contributed by atoms with Crippen LogP contribution in [0, 0.1) is 0 Å². The lowest BCUT2D eigenvalue weighted by atomic mass is 9.98. The van der Waals surface area contributed by atoms with Crippen molar-refractivity contribution in [2.24, 2.45) is 9.98 Å². The number of nitrogens with zero attached hydrogens (tertiary/aromatic N) is 3. The first kappa shape index (κ1) is 32.6. The molecule has 12 rings (SSSR count). The van der Waals surface area contributed by atoms with Crippen molar-refractivity contribution in [3.8, 4) is 16.8 Å². The van der Waals surface area contributed by atoms with Crippen molar-refractivity contribution < 1.29 is 0 Å². The van der Waals surface area contributed by atoms with E-state index in [2.05, 4.69) is 155 Å². The summed E-state index contributed by atoms with van der Waals surface area (Å²) in [4.78, 5) is 10.2. The maximum absolute atomic E-state index is 5.16. The zero-order valence-electron chi connectivity index (χ0n) is 30.8. The summed E-state index contributed by atoms with van der Waals surface area (Å²) in [6.45, 7) is 0. The van der Waals surface area contributed by atoms with Crippen molar-refractivity contribution in [1.29, 1.82) is 0 Å². The molecule has 6 heteroatoms. The second-order valence-electron chi connectivity index (χ2n) is 14.8. The Morgan fingerprint density at radius 2 is 1.35 bits per heavy atom. The van der Waals surface area contributed by atoms with E-state index < -0.39 is 0 Å². The Morgan fingerprint density at radius 3 is 2.26 bits per heavy atom. The molecule has 0 fully saturated rings. The first-order valence-electron chi connectivity index (χ1n) is 19.5. The molecule has 4 nitrogen and oxygen atoms in total. The summed E-state index contributed by atoms with van der Waals surface area (Å²) in [7, 11) is 0. The number of para-hydroxylation sites is 1. The summed E-state index contributed by atoms with van der Waals surface area (Å²) in [5.41, 5.74) is 11.0. The van der Waals surface area contributed by atoms with Crippen LogP contribution < -0.4 is 5.32 Å². The number of hydrogen-bond donors (Lipinski definition) is 1. The second kappa shape index (κ2) is 13.0. The number of aromatic nitrogens is 1. The number of allylic oxidation sites excluding steroid dienone is 1. The predicted octanol–water partition coefficient (Wildman–Crippen LogP) is 13.5. The van der Waals surface area contributed by atoms with Crippen LogP contribution in [-0.4, -0.2) is 16.2 Å². The molecule has 0 spiro atoms. The minimum atomic E-state index is -0.245. The van der Waals surface area contributed by atoms with Gasteiger partial charge in [0.25, 0.3) is 0 Å². The highest BCUT2D eigenvalue weighted by atomic mass is 32.1. The molecule has 4 heterocycles. The SMILES string of the molecule is C1=Cc2c(n(-c3cccc4c3sc3cccc(-c5ccc6c(c5)sc5c(C7=NC(c8ccccc8)=NC(c8ccccc8)N7)cccc56)c34)c3ccccc23)CC1. The fourth-order valence-electron chi connectivity index (χ4n) is 8.96. The van der Waals surface area contributed by atoms with Crippen LogP contribution in [0.4, 0.5) is 0 Å². The molecule has 1 unspecified atom stereocenters. The van der Waals surface area contributed by atoms with E-state index in [1.54, 1.807) is 0 Å². The van der Waals surface area contributed by atoms with Crippen LogP contribution in [-0.2, 0) is 6.42 Å². The number of rotatable bonds is 5. The van der Waals surface area contributed by atoms with E-state index in [9.17, 15) is 0 Å². The smallest absolute Gasteiger partial charge is 0.159 e. The Morgan fingerprint density at radius 1 is 0.596 bits per heavy atom. The minimum Gasteiger partial charge on any atom is -0.344 e. The molecule has 10 aromatic rings. The van der Waals surface area contributed by atoms with Gasteiger partial charge in [0.15, 0.2) is 5.84 Å². The minimum absolute atomic E-state index is 0.245. The van der Waals surface area contributed by atoms with Crippen LogP contribution in [0.25, 0.3) is 74.1 Å². The van der Waals surface area contributed by atoms with Gasteiger partial charge in [0, 0.05) is 63.4 Å². The third-order valence-electron chi connectivity index (χ3n) is 11.5. The van der Waals surface area contributed by atoms with Gasteiger partial charge < -0.3 is 9.88 Å². The molecule has 0 radical (unpaired) electrons. The highest BCUT2D eigenvalue weighted by Gasteiger charge is 2.24. The van der Waals surface area contributed by atoms with Crippen molar-refractivity contribution in [2.45, 2.75) is 19.0 Å². The number of thiophene rings is 2. The van der Waals surface area contributed by atoms with Gasteiger partial charge in [-0.15, -0.1) is 22.7 Å². The summed E-state index contributed by atoms with van der Waals surface area (Å²) in [5, 5.41) is 10.2. The molecule has 1 aliphatic heterocycles. The van der Waals surface area contributed by atoms with Gasteiger partial charge in [-0.3, -0.25) is 0 Å². The Labute approximate surface area is 337 Å². The number of fused-ring (bicyclic) bond motifs is 9. The largest absolute Gasteiger partial charge is 0.344 e. The molecule has 1 atom stereocenters. The third kappa shape index (κ3) is 5.18. The van der Waals surface area contributed by atoms with Crippen molar-refractivity contribution in [3.05, 3.63) is 192 Å². The standard InChI is InChI=1S/C51H34N4S2/c1-3-14-31(15-4-1)49-52-50(32-16-5-2-6-17-32)54-51(53-49)40-23-11-21-38-37-29-28-33(30-45(37)57-47(38)40)34-20-13-27-44-46(34)39-22-12-26-43(48(39)56-44)55-41-24-9-7-18-35(41)36-19-8-10-25-42(36)55/h1-9,11-24,26-30,49H,10,25H2,(H,52,53,54). The normalized spacial score (nSPS) is 15.3. The van der Waals surface area contributed by atoms with Crippen molar-refractivity contribution >= 4 is 91.7 Å².